The average molecular weight is 222 g/mol. The molecule has 78 valence electrons. The lowest BCUT2D eigenvalue weighted by atomic mass is 10.1. The summed E-state index contributed by atoms with van der Waals surface area (Å²) < 4.78 is 0. The van der Waals surface area contributed by atoms with Gasteiger partial charge in [0.25, 0.3) is 0 Å². The SMILES string of the molecule is CCc1ccc2c(Cl)cc(C)c(O)c2n1. The van der Waals surface area contributed by atoms with E-state index in [2.05, 4.69) is 4.98 Å². The van der Waals surface area contributed by atoms with Crippen molar-refractivity contribution in [2.75, 3.05) is 0 Å². The summed E-state index contributed by atoms with van der Waals surface area (Å²) in [7, 11) is 0. The fraction of sp³-hybridized carbons (Fsp3) is 0.250. The first-order valence-corrected chi connectivity index (χ1v) is 5.29. The lowest BCUT2D eigenvalue weighted by molar-refractivity contribution is 0.476. The number of halogens is 1. The lowest BCUT2D eigenvalue weighted by Gasteiger charge is -2.07. The molecule has 0 atom stereocenters. The predicted octanol–water partition coefficient (Wildman–Crippen LogP) is 3.46. The number of benzene rings is 1. The first kappa shape index (κ1) is 10.2. The molecular formula is C12H12ClNO. The number of phenolic OH excluding ortho intramolecular Hbond substituents is 1. The summed E-state index contributed by atoms with van der Waals surface area (Å²) in [6.45, 7) is 3.85. The molecular weight excluding hydrogens is 210 g/mol. The lowest BCUT2D eigenvalue weighted by Crippen LogP contribution is -1.90. The van der Waals surface area contributed by atoms with Crippen molar-refractivity contribution in [1.29, 1.82) is 0 Å². The predicted molar refractivity (Wildman–Crippen MR) is 62.5 cm³/mol. The first-order chi connectivity index (χ1) is 7.13. The molecule has 2 aromatic rings. The van der Waals surface area contributed by atoms with Gasteiger partial charge in [0, 0.05) is 11.1 Å². The molecule has 0 amide bonds. The van der Waals surface area contributed by atoms with E-state index in [1.165, 1.54) is 0 Å². The highest BCUT2D eigenvalue weighted by Gasteiger charge is 2.09. The highest BCUT2D eigenvalue weighted by Crippen LogP contribution is 2.32. The third-order valence-electron chi connectivity index (χ3n) is 2.51. The molecule has 0 aliphatic rings. The quantitative estimate of drug-likeness (QED) is 0.800. The molecule has 0 radical (unpaired) electrons. The Hall–Kier alpha value is -1.28. The third-order valence-corrected chi connectivity index (χ3v) is 2.83. The minimum absolute atomic E-state index is 0.227. The van der Waals surface area contributed by atoms with Crippen LogP contribution in [0.4, 0.5) is 0 Å². The maximum atomic E-state index is 9.88. The molecule has 0 saturated heterocycles. The van der Waals surface area contributed by atoms with Gasteiger partial charge in [0.2, 0.25) is 0 Å². The van der Waals surface area contributed by atoms with E-state index < -0.39 is 0 Å². The van der Waals surface area contributed by atoms with Crippen LogP contribution in [0.15, 0.2) is 18.2 Å². The van der Waals surface area contributed by atoms with Gasteiger partial charge >= 0.3 is 0 Å². The zero-order chi connectivity index (χ0) is 11.0. The van der Waals surface area contributed by atoms with E-state index in [9.17, 15) is 5.11 Å². The zero-order valence-electron chi connectivity index (χ0n) is 8.71. The van der Waals surface area contributed by atoms with Crippen LogP contribution in [0.1, 0.15) is 18.2 Å². The van der Waals surface area contributed by atoms with Crippen LogP contribution in [-0.4, -0.2) is 10.1 Å². The maximum absolute atomic E-state index is 9.88. The van der Waals surface area contributed by atoms with Gasteiger partial charge in [-0.2, -0.15) is 0 Å². The van der Waals surface area contributed by atoms with Gasteiger partial charge in [-0.05, 0) is 37.1 Å². The number of phenols is 1. The van der Waals surface area contributed by atoms with E-state index in [0.29, 0.717) is 10.5 Å². The Bertz CT molecular complexity index is 523. The van der Waals surface area contributed by atoms with Gasteiger partial charge in [0.05, 0.1) is 5.02 Å². The number of nitrogens with zero attached hydrogens (tertiary/aromatic N) is 1. The molecule has 0 aliphatic carbocycles. The van der Waals surface area contributed by atoms with Crippen molar-refractivity contribution in [1.82, 2.24) is 4.98 Å². The Labute approximate surface area is 93.5 Å². The van der Waals surface area contributed by atoms with Crippen molar-refractivity contribution in [3.8, 4) is 5.75 Å². The summed E-state index contributed by atoms with van der Waals surface area (Å²) in [6, 6.07) is 5.60. The van der Waals surface area contributed by atoms with Crippen LogP contribution < -0.4 is 0 Å². The van der Waals surface area contributed by atoms with Crippen LogP contribution in [0.5, 0.6) is 5.75 Å². The fourth-order valence-electron chi connectivity index (χ4n) is 1.59. The van der Waals surface area contributed by atoms with Crippen LogP contribution in [0, 0.1) is 6.92 Å². The number of aromatic nitrogens is 1. The van der Waals surface area contributed by atoms with Crippen molar-refractivity contribution < 1.29 is 5.11 Å². The Morgan fingerprint density at radius 2 is 2.13 bits per heavy atom. The molecule has 0 spiro atoms. The van der Waals surface area contributed by atoms with Gasteiger partial charge in [-0.1, -0.05) is 18.5 Å². The van der Waals surface area contributed by atoms with Gasteiger partial charge in [-0.25, -0.2) is 4.98 Å². The number of pyridine rings is 1. The van der Waals surface area contributed by atoms with E-state index in [-0.39, 0.29) is 5.75 Å². The standard InChI is InChI=1S/C12H12ClNO/c1-3-8-4-5-9-10(13)6-7(2)12(15)11(9)14-8/h4-6,15H,3H2,1-2H3. The third kappa shape index (κ3) is 1.65. The smallest absolute Gasteiger partial charge is 0.144 e. The van der Waals surface area contributed by atoms with Crippen LogP contribution in [0.25, 0.3) is 10.9 Å². The van der Waals surface area contributed by atoms with Gasteiger partial charge in [0.15, 0.2) is 0 Å². The van der Waals surface area contributed by atoms with Crippen LogP contribution in [-0.2, 0) is 6.42 Å². The number of hydrogen-bond acceptors (Lipinski definition) is 2. The van der Waals surface area contributed by atoms with Crippen molar-refractivity contribution in [2.24, 2.45) is 0 Å². The molecule has 1 N–H and O–H groups in total. The van der Waals surface area contributed by atoms with Gasteiger partial charge in [0.1, 0.15) is 11.3 Å². The largest absolute Gasteiger partial charge is 0.505 e. The molecule has 1 heterocycles. The molecule has 1 aromatic carbocycles. The number of aryl methyl sites for hydroxylation is 2. The van der Waals surface area contributed by atoms with Crippen molar-refractivity contribution in [2.45, 2.75) is 20.3 Å². The summed E-state index contributed by atoms with van der Waals surface area (Å²) in [4.78, 5) is 4.38. The van der Waals surface area contributed by atoms with Gasteiger partial charge in [-0.3, -0.25) is 0 Å². The maximum Gasteiger partial charge on any atom is 0.144 e. The molecule has 15 heavy (non-hydrogen) atoms. The Morgan fingerprint density at radius 3 is 2.80 bits per heavy atom. The molecule has 0 fully saturated rings. The second-order valence-electron chi connectivity index (χ2n) is 3.58. The highest BCUT2D eigenvalue weighted by molar-refractivity contribution is 6.35. The van der Waals surface area contributed by atoms with Crippen LogP contribution in [0.2, 0.25) is 5.02 Å². The minimum atomic E-state index is 0.227. The Morgan fingerprint density at radius 1 is 1.40 bits per heavy atom. The van der Waals surface area contributed by atoms with E-state index in [4.69, 9.17) is 11.6 Å². The second-order valence-corrected chi connectivity index (χ2v) is 3.98. The van der Waals surface area contributed by atoms with Crippen molar-refractivity contribution >= 4 is 22.5 Å². The Kier molecular flexibility index (Phi) is 2.53. The molecule has 1 aromatic heterocycles. The van der Waals surface area contributed by atoms with Crippen molar-refractivity contribution in [3.05, 3.63) is 34.5 Å². The number of rotatable bonds is 1. The number of aromatic hydroxyl groups is 1. The minimum Gasteiger partial charge on any atom is -0.505 e. The first-order valence-electron chi connectivity index (χ1n) is 4.91. The van der Waals surface area contributed by atoms with Crippen LogP contribution in [0.3, 0.4) is 0 Å². The normalized spacial score (nSPS) is 10.9. The van der Waals surface area contributed by atoms with E-state index in [0.717, 1.165) is 23.1 Å². The summed E-state index contributed by atoms with van der Waals surface area (Å²) >= 11 is 6.08. The molecule has 0 bridgehead atoms. The Balaban J connectivity index is 2.85. The van der Waals surface area contributed by atoms with E-state index >= 15 is 0 Å². The van der Waals surface area contributed by atoms with Gasteiger partial charge in [-0.15, -0.1) is 0 Å². The molecule has 2 nitrogen and oxygen atoms in total. The summed E-state index contributed by atoms with van der Waals surface area (Å²) in [5.41, 5.74) is 2.31. The number of hydrogen-bond donors (Lipinski definition) is 1. The van der Waals surface area contributed by atoms with Crippen LogP contribution >= 0.6 is 11.6 Å². The molecule has 3 heteroatoms. The topological polar surface area (TPSA) is 33.1 Å². The molecule has 2 rings (SSSR count). The van der Waals surface area contributed by atoms with E-state index in [1.807, 2.05) is 26.0 Å². The summed E-state index contributed by atoms with van der Waals surface area (Å²) in [5.74, 6) is 0.227. The average Bonchev–Trinajstić information content (AvgIpc) is 2.25. The molecule has 0 unspecified atom stereocenters. The molecule has 0 saturated carbocycles. The fourth-order valence-corrected chi connectivity index (χ4v) is 1.91. The molecule has 0 aliphatic heterocycles. The monoisotopic (exact) mass is 221 g/mol. The van der Waals surface area contributed by atoms with Gasteiger partial charge < -0.3 is 5.11 Å². The van der Waals surface area contributed by atoms with E-state index in [1.54, 1.807) is 6.07 Å². The number of fused-ring (bicyclic) bond motifs is 1. The zero-order valence-corrected chi connectivity index (χ0v) is 9.47. The van der Waals surface area contributed by atoms with Crippen molar-refractivity contribution in [3.63, 3.8) is 0 Å². The highest BCUT2D eigenvalue weighted by atomic mass is 35.5. The summed E-state index contributed by atoms with van der Waals surface area (Å²) in [6.07, 6.45) is 0.848. The summed E-state index contributed by atoms with van der Waals surface area (Å²) in [5, 5.41) is 11.3. The second kappa shape index (κ2) is 3.70.